The lowest BCUT2D eigenvalue weighted by Gasteiger charge is -2.38. The highest BCUT2D eigenvalue weighted by Gasteiger charge is 2.29. The number of hydrogen-bond acceptors (Lipinski definition) is 4. The van der Waals surface area contributed by atoms with E-state index in [-0.39, 0.29) is 11.9 Å². The second-order valence-electron chi connectivity index (χ2n) is 7.53. The van der Waals surface area contributed by atoms with Crippen LogP contribution in [0.5, 0.6) is 0 Å². The standard InChI is InChI=1S/C22H29FN4O2/c1-25(2)19-8-4-17(5-9-19)21(16-24-22(28)29-3)27-14-12-26(13-15-27)20-10-6-18(23)7-11-20/h4-11,21H,12-16H2,1-3H3,(H,24,28)/p+1/t21-/m1/s1. The normalized spacial score (nSPS) is 15.7. The molecule has 0 unspecified atom stereocenters. The van der Waals surface area contributed by atoms with Gasteiger partial charge in [-0.05, 0) is 36.4 Å². The van der Waals surface area contributed by atoms with Crippen molar-refractivity contribution in [1.82, 2.24) is 5.32 Å². The van der Waals surface area contributed by atoms with E-state index in [0.29, 0.717) is 6.54 Å². The number of nitrogens with zero attached hydrogens (tertiary/aromatic N) is 2. The molecular weight excluding hydrogens is 371 g/mol. The summed E-state index contributed by atoms with van der Waals surface area (Å²) in [6.07, 6.45) is -0.413. The number of carbonyl (C=O) groups excluding carboxylic acids is 1. The van der Waals surface area contributed by atoms with Gasteiger partial charge in [0, 0.05) is 31.0 Å². The number of piperazine rings is 1. The second-order valence-corrected chi connectivity index (χ2v) is 7.53. The number of nitrogens with one attached hydrogen (secondary N) is 2. The Morgan fingerprint density at radius 1 is 1.14 bits per heavy atom. The highest BCUT2D eigenvalue weighted by atomic mass is 19.1. The minimum atomic E-state index is -0.413. The topological polar surface area (TPSA) is 49.2 Å². The first-order chi connectivity index (χ1) is 14.0. The van der Waals surface area contributed by atoms with E-state index in [0.717, 1.165) is 37.6 Å². The number of benzene rings is 2. The molecular formula is C22H30FN4O2+. The maximum atomic E-state index is 13.2. The molecule has 3 rings (SSSR count). The number of hydrogen-bond donors (Lipinski definition) is 2. The lowest BCUT2D eigenvalue weighted by Crippen LogP contribution is -3.15. The van der Waals surface area contributed by atoms with Crippen LogP contribution in [0.15, 0.2) is 48.5 Å². The Labute approximate surface area is 171 Å². The van der Waals surface area contributed by atoms with E-state index >= 15 is 0 Å². The van der Waals surface area contributed by atoms with Crippen LogP contribution in [0.25, 0.3) is 0 Å². The Balaban J connectivity index is 1.70. The van der Waals surface area contributed by atoms with Gasteiger partial charge in [0.1, 0.15) is 11.9 Å². The summed E-state index contributed by atoms with van der Waals surface area (Å²) < 4.78 is 18.0. The van der Waals surface area contributed by atoms with Crippen LogP contribution in [0.3, 0.4) is 0 Å². The zero-order valence-electron chi connectivity index (χ0n) is 17.3. The average Bonchev–Trinajstić information content (AvgIpc) is 2.75. The van der Waals surface area contributed by atoms with E-state index in [2.05, 4.69) is 39.4 Å². The van der Waals surface area contributed by atoms with Crippen molar-refractivity contribution in [2.75, 3.05) is 63.7 Å². The number of methoxy groups -OCH3 is 1. The van der Waals surface area contributed by atoms with Gasteiger partial charge in [-0.15, -0.1) is 0 Å². The fourth-order valence-corrected chi connectivity index (χ4v) is 3.81. The second kappa shape index (κ2) is 9.60. The summed E-state index contributed by atoms with van der Waals surface area (Å²) in [6, 6.07) is 15.3. The first kappa shape index (κ1) is 20.9. The third-order valence-corrected chi connectivity index (χ3v) is 5.54. The molecule has 1 fully saturated rings. The quantitative estimate of drug-likeness (QED) is 0.774. The summed E-state index contributed by atoms with van der Waals surface area (Å²) >= 11 is 0. The van der Waals surface area contributed by atoms with Gasteiger partial charge in [-0.3, -0.25) is 0 Å². The summed E-state index contributed by atoms with van der Waals surface area (Å²) in [4.78, 5) is 17.4. The van der Waals surface area contributed by atoms with E-state index in [1.807, 2.05) is 26.2 Å². The Morgan fingerprint density at radius 3 is 2.31 bits per heavy atom. The highest BCUT2D eigenvalue weighted by molar-refractivity contribution is 5.66. The molecule has 1 saturated heterocycles. The fourth-order valence-electron chi connectivity index (χ4n) is 3.81. The first-order valence-electron chi connectivity index (χ1n) is 9.92. The van der Waals surface area contributed by atoms with Crippen molar-refractivity contribution in [1.29, 1.82) is 0 Å². The molecule has 1 heterocycles. The number of quaternary nitrogens is 1. The van der Waals surface area contributed by atoms with Crippen LogP contribution in [0.2, 0.25) is 0 Å². The molecule has 6 nitrogen and oxygen atoms in total. The van der Waals surface area contributed by atoms with Crippen molar-refractivity contribution in [3.63, 3.8) is 0 Å². The molecule has 2 aromatic rings. The maximum Gasteiger partial charge on any atom is 0.407 e. The molecule has 29 heavy (non-hydrogen) atoms. The molecule has 1 aliphatic rings. The SMILES string of the molecule is COC(=O)NC[C@H](c1ccc(N(C)C)cc1)[NH+]1CCN(c2ccc(F)cc2)CC1. The predicted molar refractivity (Wildman–Crippen MR) is 113 cm³/mol. The summed E-state index contributed by atoms with van der Waals surface area (Å²) in [7, 11) is 5.42. The number of alkyl carbamates (subject to hydrolysis) is 1. The lowest BCUT2D eigenvalue weighted by molar-refractivity contribution is -0.931. The smallest absolute Gasteiger partial charge is 0.407 e. The molecule has 0 aromatic heterocycles. The molecule has 1 atom stereocenters. The lowest BCUT2D eigenvalue weighted by atomic mass is 10.0. The molecule has 156 valence electrons. The van der Waals surface area contributed by atoms with Crippen molar-refractivity contribution in [3.8, 4) is 0 Å². The number of halogens is 1. The molecule has 0 saturated carbocycles. The molecule has 1 amide bonds. The molecule has 7 heteroatoms. The van der Waals surface area contributed by atoms with Gasteiger partial charge in [-0.25, -0.2) is 9.18 Å². The van der Waals surface area contributed by atoms with Gasteiger partial charge in [0.15, 0.2) is 0 Å². The van der Waals surface area contributed by atoms with Crippen LogP contribution >= 0.6 is 0 Å². The van der Waals surface area contributed by atoms with Crippen molar-refractivity contribution < 1.29 is 18.8 Å². The van der Waals surface area contributed by atoms with E-state index < -0.39 is 6.09 Å². The minimum absolute atomic E-state index is 0.140. The van der Waals surface area contributed by atoms with Crippen LogP contribution < -0.4 is 20.0 Å². The number of amides is 1. The van der Waals surface area contributed by atoms with Gasteiger partial charge >= 0.3 is 6.09 Å². The summed E-state index contributed by atoms with van der Waals surface area (Å²) in [6.45, 7) is 4.14. The largest absolute Gasteiger partial charge is 0.453 e. The number of ether oxygens (including phenoxy) is 1. The zero-order valence-corrected chi connectivity index (χ0v) is 17.3. The Bertz CT molecular complexity index is 787. The van der Waals surface area contributed by atoms with Gasteiger partial charge in [0.2, 0.25) is 0 Å². The van der Waals surface area contributed by atoms with Gasteiger partial charge in [-0.1, -0.05) is 12.1 Å². The van der Waals surface area contributed by atoms with E-state index in [9.17, 15) is 9.18 Å². The number of carbonyl (C=O) groups is 1. The average molecular weight is 402 g/mol. The van der Waals surface area contributed by atoms with E-state index in [4.69, 9.17) is 4.74 Å². The highest BCUT2D eigenvalue weighted by Crippen LogP contribution is 2.18. The van der Waals surface area contributed by atoms with Crippen molar-refractivity contribution in [2.24, 2.45) is 0 Å². The van der Waals surface area contributed by atoms with Crippen LogP contribution in [0.1, 0.15) is 11.6 Å². The number of rotatable bonds is 6. The molecule has 0 radical (unpaired) electrons. The van der Waals surface area contributed by atoms with Crippen molar-refractivity contribution in [2.45, 2.75) is 6.04 Å². The Kier molecular flexibility index (Phi) is 6.93. The van der Waals surface area contributed by atoms with E-state index in [1.54, 1.807) is 0 Å². The minimum Gasteiger partial charge on any atom is -0.453 e. The first-order valence-corrected chi connectivity index (χ1v) is 9.92. The van der Waals surface area contributed by atoms with Crippen LogP contribution in [-0.2, 0) is 4.74 Å². The Morgan fingerprint density at radius 2 is 1.76 bits per heavy atom. The molecule has 0 bridgehead atoms. The monoisotopic (exact) mass is 401 g/mol. The summed E-state index contributed by atoms with van der Waals surface area (Å²) in [5.41, 5.74) is 3.38. The van der Waals surface area contributed by atoms with Crippen LogP contribution in [-0.4, -0.2) is 60.0 Å². The maximum absolute atomic E-state index is 13.2. The summed E-state index contributed by atoms with van der Waals surface area (Å²) in [5, 5.41) is 2.87. The fraction of sp³-hybridized carbons (Fsp3) is 0.409. The molecule has 0 spiro atoms. The van der Waals surface area contributed by atoms with Gasteiger partial charge in [0.25, 0.3) is 0 Å². The van der Waals surface area contributed by atoms with Gasteiger partial charge < -0.3 is 24.8 Å². The third-order valence-electron chi connectivity index (χ3n) is 5.54. The molecule has 1 aliphatic heterocycles. The predicted octanol–water partition coefficient (Wildman–Crippen LogP) is 1.69. The van der Waals surface area contributed by atoms with Crippen LogP contribution in [0, 0.1) is 5.82 Å². The molecule has 2 N–H and O–H groups in total. The Hall–Kier alpha value is -2.80. The molecule has 0 aliphatic carbocycles. The van der Waals surface area contributed by atoms with E-state index in [1.165, 1.54) is 29.7 Å². The zero-order chi connectivity index (χ0) is 20.8. The molecule has 2 aromatic carbocycles. The van der Waals surface area contributed by atoms with Gasteiger partial charge in [0.05, 0.1) is 39.8 Å². The summed E-state index contributed by atoms with van der Waals surface area (Å²) in [5.74, 6) is -0.215. The van der Waals surface area contributed by atoms with Crippen molar-refractivity contribution in [3.05, 3.63) is 59.9 Å². The van der Waals surface area contributed by atoms with Crippen molar-refractivity contribution >= 4 is 17.5 Å². The number of anilines is 2. The third kappa shape index (κ3) is 5.38. The van der Waals surface area contributed by atoms with Crippen LogP contribution in [0.4, 0.5) is 20.6 Å². The van der Waals surface area contributed by atoms with Gasteiger partial charge in [-0.2, -0.15) is 0 Å².